The number of halogens is 2. The molecule has 2 aliphatic rings. The molecule has 0 radical (unpaired) electrons. The van der Waals surface area contributed by atoms with E-state index in [4.69, 9.17) is 28.2 Å². The first-order chi connectivity index (χ1) is 19.1. The minimum absolute atomic E-state index is 0.0151. The van der Waals surface area contributed by atoms with Gasteiger partial charge in [-0.05, 0) is 37.1 Å². The quantitative estimate of drug-likeness (QED) is 0.419. The van der Waals surface area contributed by atoms with Crippen LogP contribution in [0.4, 0.5) is 5.69 Å². The minimum atomic E-state index is -4.24. The second-order valence-electron chi connectivity index (χ2n) is 9.96. The van der Waals surface area contributed by atoms with Gasteiger partial charge in [-0.1, -0.05) is 91.0 Å². The number of nitrogens with one attached hydrogen (secondary N) is 2. The van der Waals surface area contributed by atoms with Crippen molar-refractivity contribution in [2.75, 3.05) is 11.9 Å². The molecule has 1 heterocycles. The van der Waals surface area contributed by atoms with Crippen LogP contribution in [0.5, 0.6) is 0 Å². The molecular weight excluding hydrogens is 571 g/mol. The number of benzene rings is 3. The topological polar surface area (TPSA) is 108 Å². The molecule has 1 aliphatic carbocycles. The molecule has 0 saturated heterocycles. The Labute approximate surface area is 243 Å². The second kappa shape index (κ2) is 11.3. The van der Waals surface area contributed by atoms with Crippen LogP contribution in [0.2, 0.25) is 10.0 Å². The summed E-state index contributed by atoms with van der Waals surface area (Å²) in [6.07, 6.45) is 1.33. The standard InChI is InChI=1S/C29H28Cl2N4O4S/c1-35-23-13-7-6-12-21(23)25(19-10-4-2-5-11-19)32-26(27(35)36)33-28(37)29(16-8-3-9-17-29)34-40(38,39)24-18-20(30)14-15-22(24)31/h2,4-7,10-15,18,26,34H,3,8-9,16-17H2,1H3,(H,33,37). The zero-order valence-electron chi connectivity index (χ0n) is 21.7. The highest BCUT2D eigenvalue weighted by atomic mass is 35.5. The summed E-state index contributed by atoms with van der Waals surface area (Å²) in [6, 6.07) is 20.9. The molecule has 2 amide bonds. The highest BCUT2D eigenvalue weighted by Crippen LogP contribution is 2.33. The third-order valence-corrected chi connectivity index (χ3v) is 9.57. The Bertz CT molecular complexity index is 1590. The number of para-hydroxylation sites is 1. The van der Waals surface area contributed by atoms with Crippen LogP contribution in [-0.4, -0.2) is 44.7 Å². The number of aliphatic imine (C=N–C) groups is 1. The number of rotatable bonds is 6. The van der Waals surface area contributed by atoms with Crippen molar-refractivity contribution >= 4 is 56.4 Å². The molecule has 8 nitrogen and oxygen atoms in total. The van der Waals surface area contributed by atoms with Crippen LogP contribution < -0.4 is 14.9 Å². The van der Waals surface area contributed by atoms with E-state index in [0.717, 1.165) is 17.5 Å². The van der Waals surface area contributed by atoms with Gasteiger partial charge in [0, 0.05) is 23.2 Å². The molecule has 2 N–H and O–H groups in total. The van der Waals surface area contributed by atoms with E-state index in [2.05, 4.69) is 10.0 Å². The number of carbonyl (C=O) groups is 2. The van der Waals surface area contributed by atoms with Crippen molar-refractivity contribution in [2.45, 2.75) is 48.7 Å². The molecule has 208 valence electrons. The van der Waals surface area contributed by atoms with Crippen molar-refractivity contribution in [3.63, 3.8) is 0 Å². The average molecular weight is 600 g/mol. The van der Waals surface area contributed by atoms with Crippen LogP contribution in [0.15, 0.2) is 82.7 Å². The summed E-state index contributed by atoms with van der Waals surface area (Å²) in [5.74, 6) is -1.07. The number of amides is 2. The minimum Gasteiger partial charge on any atom is -0.325 e. The third kappa shape index (κ3) is 5.51. The molecule has 0 aromatic heterocycles. The van der Waals surface area contributed by atoms with E-state index >= 15 is 0 Å². The van der Waals surface area contributed by atoms with Crippen LogP contribution in [0.3, 0.4) is 0 Å². The van der Waals surface area contributed by atoms with E-state index in [9.17, 15) is 18.0 Å². The van der Waals surface area contributed by atoms with Gasteiger partial charge in [0.15, 0.2) is 0 Å². The lowest BCUT2D eigenvalue weighted by Gasteiger charge is -2.37. The molecule has 1 saturated carbocycles. The normalized spacial score (nSPS) is 18.9. The first-order valence-electron chi connectivity index (χ1n) is 12.9. The molecule has 1 fully saturated rings. The maximum atomic E-state index is 14.0. The van der Waals surface area contributed by atoms with Gasteiger partial charge < -0.3 is 10.2 Å². The number of hydrogen-bond acceptors (Lipinski definition) is 5. The van der Waals surface area contributed by atoms with E-state index in [1.807, 2.05) is 54.6 Å². The Morgan fingerprint density at radius 2 is 1.65 bits per heavy atom. The molecule has 1 atom stereocenters. The summed E-state index contributed by atoms with van der Waals surface area (Å²) >= 11 is 12.3. The molecule has 3 aromatic rings. The summed E-state index contributed by atoms with van der Waals surface area (Å²) in [5, 5.41) is 2.96. The summed E-state index contributed by atoms with van der Waals surface area (Å²) in [5.41, 5.74) is 1.22. The highest BCUT2D eigenvalue weighted by molar-refractivity contribution is 7.89. The number of sulfonamides is 1. The van der Waals surface area contributed by atoms with E-state index < -0.39 is 33.5 Å². The fourth-order valence-electron chi connectivity index (χ4n) is 5.23. The Morgan fingerprint density at radius 1 is 0.975 bits per heavy atom. The summed E-state index contributed by atoms with van der Waals surface area (Å²) in [6.45, 7) is 0. The molecule has 1 aliphatic heterocycles. The van der Waals surface area contributed by atoms with Crippen molar-refractivity contribution in [1.29, 1.82) is 0 Å². The number of benzodiazepines with no additional fused rings is 1. The van der Waals surface area contributed by atoms with Gasteiger partial charge in [0.2, 0.25) is 22.1 Å². The predicted octanol–water partition coefficient (Wildman–Crippen LogP) is 4.93. The monoisotopic (exact) mass is 598 g/mol. The predicted molar refractivity (Wildman–Crippen MR) is 156 cm³/mol. The molecule has 40 heavy (non-hydrogen) atoms. The lowest BCUT2D eigenvalue weighted by molar-refractivity contribution is -0.132. The van der Waals surface area contributed by atoms with E-state index in [-0.39, 0.29) is 27.8 Å². The summed E-state index contributed by atoms with van der Waals surface area (Å²) in [4.78, 5) is 33.6. The van der Waals surface area contributed by atoms with Gasteiger partial charge in [-0.15, -0.1) is 0 Å². The number of likely N-dealkylation sites (N-methyl/N-ethyl adjacent to an activating group) is 1. The fourth-order valence-corrected chi connectivity index (χ4v) is 7.42. The smallest absolute Gasteiger partial charge is 0.272 e. The van der Waals surface area contributed by atoms with Crippen LogP contribution >= 0.6 is 23.2 Å². The van der Waals surface area contributed by atoms with Crippen LogP contribution in [0.1, 0.15) is 43.2 Å². The zero-order chi connectivity index (χ0) is 28.5. The van der Waals surface area contributed by atoms with Gasteiger partial charge in [0.25, 0.3) is 5.91 Å². The Balaban J connectivity index is 1.53. The number of hydrogen-bond donors (Lipinski definition) is 2. The largest absolute Gasteiger partial charge is 0.325 e. The number of carbonyl (C=O) groups excluding carboxylic acids is 2. The number of fused-ring (bicyclic) bond motifs is 1. The molecule has 0 bridgehead atoms. The molecule has 3 aromatic carbocycles. The van der Waals surface area contributed by atoms with Gasteiger partial charge in [0.05, 0.1) is 16.4 Å². The van der Waals surface area contributed by atoms with E-state index in [1.54, 1.807) is 7.05 Å². The third-order valence-electron chi connectivity index (χ3n) is 7.31. The van der Waals surface area contributed by atoms with Crippen molar-refractivity contribution in [1.82, 2.24) is 10.0 Å². The zero-order valence-corrected chi connectivity index (χ0v) is 24.1. The molecule has 11 heteroatoms. The molecular formula is C29H28Cl2N4O4S. The SMILES string of the molecule is CN1C(=O)C(NC(=O)C2(NS(=O)(=O)c3cc(Cl)ccc3Cl)CCCCC2)N=C(c2ccccc2)c2ccccc21. The van der Waals surface area contributed by atoms with Crippen LogP contribution in [0.25, 0.3) is 0 Å². The maximum absolute atomic E-state index is 14.0. The molecule has 5 rings (SSSR count). The van der Waals surface area contributed by atoms with Gasteiger partial charge >= 0.3 is 0 Å². The maximum Gasteiger partial charge on any atom is 0.272 e. The Kier molecular flexibility index (Phi) is 8.01. The lowest BCUT2D eigenvalue weighted by atomic mass is 9.82. The van der Waals surface area contributed by atoms with Gasteiger partial charge in [0.1, 0.15) is 10.4 Å². The second-order valence-corrected chi connectivity index (χ2v) is 12.5. The van der Waals surface area contributed by atoms with Crippen LogP contribution in [0, 0.1) is 0 Å². The average Bonchev–Trinajstić information content (AvgIpc) is 3.05. The first kappa shape index (κ1) is 28.3. The Morgan fingerprint density at radius 3 is 2.38 bits per heavy atom. The van der Waals surface area contributed by atoms with Crippen molar-refractivity contribution < 1.29 is 18.0 Å². The van der Waals surface area contributed by atoms with Gasteiger partial charge in [-0.2, -0.15) is 4.72 Å². The fraction of sp³-hybridized carbons (Fsp3) is 0.276. The Hall–Kier alpha value is -3.24. The summed E-state index contributed by atoms with van der Waals surface area (Å²) in [7, 11) is -2.62. The number of anilines is 1. The van der Waals surface area contributed by atoms with E-state index in [0.29, 0.717) is 24.2 Å². The van der Waals surface area contributed by atoms with Crippen molar-refractivity contribution in [3.8, 4) is 0 Å². The van der Waals surface area contributed by atoms with Gasteiger partial charge in [-0.25, -0.2) is 13.4 Å². The van der Waals surface area contributed by atoms with Gasteiger partial charge in [-0.3, -0.25) is 9.59 Å². The summed E-state index contributed by atoms with van der Waals surface area (Å²) < 4.78 is 29.6. The highest BCUT2D eigenvalue weighted by Gasteiger charge is 2.45. The van der Waals surface area contributed by atoms with Crippen LogP contribution in [-0.2, 0) is 19.6 Å². The number of nitrogens with zero attached hydrogens (tertiary/aromatic N) is 2. The van der Waals surface area contributed by atoms with Crippen molar-refractivity contribution in [3.05, 3.63) is 94.0 Å². The molecule has 0 spiro atoms. The van der Waals surface area contributed by atoms with E-state index in [1.165, 1.54) is 23.1 Å². The van der Waals surface area contributed by atoms with Crippen molar-refractivity contribution in [2.24, 2.45) is 4.99 Å². The first-order valence-corrected chi connectivity index (χ1v) is 15.2. The molecule has 1 unspecified atom stereocenters. The lowest BCUT2D eigenvalue weighted by Crippen LogP contribution is -2.62.